The van der Waals surface area contributed by atoms with Crippen LogP contribution in [0.4, 0.5) is 0 Å². The summed E-state index contributed by atoms with van der Waals surface area (Å²) in [4.78, 5) is 25.6. The van der Waals surface area contributed by atoms with Crippen LogP contribution in [0, 0.1) is 0 Å². The molecule has 6 aromatic heterocycles. The third kappa shape index (κ3) is 4.24. The van der Waals surface area contributed by atoms with Crippen LogP contribution in [0.2, 0.25) is 0 Å². The lowest BCUT2D eigenvalue weighted by atomic mass is 10.1. The molecule has 0 bridgehead atoms. The van der Waals surface area contributed by atoms with E-state index in [-0.39, 0.29) is 0 Å². The number of aromatic amines is 2. The number of imidazole rings is 1. The molecule has 6 aromatic rings. The lowest BCUT2D eigenvalue weighted by molar-refractivity contribution is 0.237. The zero-order chi connectivity index (χ0) is 24.6. The summed E-state index contributed by atoms with van der Waals surface area (Å²) in [6.45, 7) is 3.91. The van der Waals surface area contributed by atoms with Crippen molar-refractivity contribution in [2.45, 2.75) is 12.8 Å². The number of likely N-dealkylation sites (tertiary alicyclic amines) is 1. The van der Waals surface area contributed by atoms with E-state index in [1.807, 2.05) is 30.3 Å². The number of thiophene rings is 1. The Hall–Kier alpha value is -4.15. The fraction of sp³-hybridized carbons (Fsp3) is 0.222. The first-order valence-corrected chi connectivity index (χ1v) is 13.2. The van der Waals surface area contributed by atoms with E-state index >= 15 is 0 Å². The lowest BCUT2D eigenvalue weighted by Gasteiger charge is -2.15. The van der Waals surface area contributed by atoms with Gasteiger partial charge >= 0.3 is 0 Å². The van der Waals surface area contributed by atoms with E-state index in [0.29, 0.717) is 23.8 Å². The highest BCUT2D eigenvalue weighted by molar-refractivity contribution is 7.13. The number of ether oxygens (including phenoxy) is 1. The Balaban J connectivity index is 1.20. The highest BCUT2D eigenvalue weighted by atomic mass is 32.1. The molecular weight excluding hydrogens is 484 g/mol. The maximum absolute atomic E-state index is 6.00. The second-order valence-corrected chi connectivity index (χ2v) is 10.0. The van der Waals surface area contributed by atoms with E-state index in [4.69, 9.17) is 14.7 Å². The average molecular weight is 509 g/mol. The molecule has 10 heteroatoms. The van der Waals surface area contributed by atoms with Crippen LogP contribution in [0.3, 0.4) is 0 Å². The van der Waals surface area contributed by atoms with Gasteiger partial charge in [-0.25, -0.2) is 15.0 Å². The molecule has 37 heavy (non-hydrogen) atoms. The summed E-state index contributed by atoms with van der Waals surface area (Å²) < 4.78 is 6.00. The molecule has 1 fully saturated rings. The smallest absolute Gasteiger partial charge is 0.178 e. The Kier molecular flexibility index (Phi) is 5.60. The summed E-state index contributed by atoms with van der Waals surface area (Å²) in [7, 11) is 0. The van der Waals surface area contributed by atoms with Gasteiger partial charge in [0.2, 0.25) is 0 Å². The molecule has 0 aromatic carbocycles. The molecule has 1 aliphatic rings. The second kappa shape index (κ2) is 9.38. The highest BCUT2D eigenvalue weighted by Crippen LogP contribution is 2.33. The second-order valence-electron chi connectivity index (χ2n) is 9.09. The van der Waals surface area contributed by atoms with Gasteiger partial charge in [-0.2, -0.15) is 5.10 Å². The predicted octanol–water partition coefficient (Wildman–Crippen LogP) is 5.16. The number of nitrogens with one attached hydrogen (secondary N) is 2. The van der Waals surface area contributed by atoms with Crippen LogP contribution in [0.1, 0.15) is 12.8 Å². The third-order valence-electron chi connectivity index (χ3n) is 6.69. The molecule has 9 nitrogen and oxygen atoms in total. The molecule has 7 heterocycles. The summed E-state index contributed by atoms with van der Waals surface area (Å²) in [6, 6.07) is 12.1. The Morgan fingerprint density at radius 1 is 1.05 bits per heavy atom. The number of pyridine rings is 3. The lowest BCUT2D eigenvalue weighted by Crippen LogP contribution is -2.25. The van der Waals surface area contributed by atoms with Crippen LogP contribution in [-0.2, 0) is 0 Å². The molecule has 0 atom stereocenters. The van der Waals surface area contributed by atoms with Crippen molar-refractivity contribution < 1.29 is 4.74 Å². The van der Waals surface area contributed by atoms with E-state index in [1.165, 1.54) is 12.8 Å². The molecule has 1 aliphatic heterocycles. The van der Waals surface area contributed by atoms with Gasteiger partial charge in [-0.05, 0) is 61.6 Å². The van der Waals surface area contributed by atoms with E-state index < -0.39 is 0 Å². The molecule has 0 spiro atoms. The Morgan fingerprint density at radius 3 is 2.89 bits per heavy atom. The van der Waals surface area contributed by atoms with Crippen molar-refractivity contribution >= 4 is 33.5 Å². The van der Waals surface area contributed by atoms with Gasteiger partial charge in [-0.3, -0.25) is 15.0 Å². The highest BCUT2D eigenvalue weighted by Gasteiger charge is 2.18. The standard InChI is InChI=1S/C27H24N8OS/c1-2-10-35(9-1)11-12-36-18-14-17(15-28-16-18)20-5-6-21-24(30-20)25(34-33-21)27-31-23-19(22-4-3-13-37-22)7-8-29-26(23)32-27/h3-8,13-16H,1-2,9-12H2,(H,33,34)(H,29,31,32). The molecule has 0 unspecified atom stereocenters. The third-order valence-corrected chi connectivity index (χ3v) is 7.60. The Labute approximate surface area is 216 Å². The summed E-state index contributed by atoms with van der Waals surface area (Å²) in [5.74, 6) is 1.37. The number of hydrogen-bond donors (Lipinski definition) is 2. The van der Waals surface area contributed by atoms with Crippen LogP contribution in [0.25, 0.3) is 55.4 Å². The van der Waals surface area contributed by atoms with Gasteiger partial charge in [-0.15, -0.1) is 11.3 Å². The van der Waals surface area contributed by atoms with Crippen molar-refractivity contribution in [3.05, 3.63) is 60.4 Å². The number of hydrogen-bond acceptors (Lipinski definition) is 8. The number of aromatic nitrogens is 7. The molecule has 0 amide bonds. The number of fused-ring (bicyclic) bond motifs is 2. The molecule has 0 radical (unpaired) electrons. The fourth-order valence-electron chi connectivity index (χ4n) is 4.82. The van der Waals surface area contributed by atoms with E-state index in [2.05, 4.69) is 41.5 Å². The number of H-pyrrole nitrogens is 2. The normalized spacial score (nSPS) is 14.2. The van der Waals surface area contributed by atoms with E-state index in [1.54, 1.807) is 29.9 Å². The molecule has 2 N–H and O–H groups in total. The summed E-state index contributed by atoms with van der Waals surface area (Å²) >= 11 is 1.68. The summed E-state index contributed by atoms with van der Waals surface area (Å²) in [5.41, 5.74) is 6.50. The maximum Gasteiger partial charge on any atom is 0.178 e. The minimum atomic E-state index is 0.625. The summed E-state index contributed by atoms with van der Waals surface area (Å²) in [6.07, 6.45) is 7.90. The van der Waals surface area contributed by atoms with Crippen LogP contribution >= 0.6 is 11.3 Å². The zero-order valence-corrected chi connectivity index (χ0v) is 20.8. The monoisotopic (exact) mass is 508 g/mol. The van der Waals surface area contributed by atoms with Crippen LogP contribution < -0.4 is 4.74 Å². The van der Waals surface area contributed by atoms with Gasteiger partial charge in [0.25, 0.3) is 0 Å². The van der Waals surface area contributed by atoms with Gasteiger partial charge in [0.15, 0.2) is 17.2 Å². The minimum Gasteiger partial charge on any atom is -0.491 e. The van der Waals surface area contributed by atoms with E-state index in [9.17, 15) is 0 Å². The summed E-state index contributed by atoms with van der Waals surface area (Å²) in [5, 5.41) is 9.68. The van der Waals surface area contributed by atoms with Crippen molar-refractivity contribution in [3.8, 4) is 39.0 Å². The minimum absolute atomic E-state index is 0.625. The molecule has 184 valence electrons. The predicted molar refractivity (Wildman–Crippen MR) is 144 cm³/mol. The van der Waals surface area contributed by atoms with Gasteiger partial charge in [0, 0.05) is 34.9 Å². The molecule has 0 aliphatic carbocycles. The molecular formula is C27H24N8OS. The molecule has 7 rings (SSSR count). The number of nitrogens with zero attached hydrogens (tertiary/aromatic N) is 6. The maximum atomic E-state index is 6.00. The van der Waals surface area contributed by atoms with E-state index in [0.717, 1.165) is 63.6 Å². The van der Waals surface area contributed by atoms with Crippen molar-refractivity contribution in [1.82, 2.24) is 40.0 Å². The van der Waals surface area contributed by atoms with Crippen LogP contribution in [0.5, 0.6) is 5.75 Å². The van der Waals surface area contributed by atoms with Gasteiger partial charge in [-0.1, -0.05) is 6.07 Å². The Morgan fingerprint density at radius 2 is 2.00 bits per heavy atom. The van der Waals surface area contributed by atoms with Crippen molar-refractivity contribution in [3.63, 3.8) is 0 Å². The van der Waals surface area contributed by atoms with Gasteiger partial charge < -0.3 is 9.72 Å². The first-order chi connectivity index (χ1) is 18.3. The first-order valence-electron chi connectivity index (χ1n) is 12.4. The van der Waals surface area contributed by atoms with Gasteiger partial charge in [0.05, 0.1) is 22.9 Å². The Bertz CT molecular complexity index is 1680. The molecule has 1 saturated heterocycles. The van der Waals surface area contributed by atoms with Crippen molar-refractivity contribution in [1.29, 1.82) is 0 Å². The fourth-order valence-corrected chi connectivity index (χ4v) is 5.58. The first kappa shape index (κ1) is 22.1. The largest absolute Gasteiger partial charge is 0.491 e. The molecule has 0 saturated carbocycles. The topological polar surface area (TPSA) is 108 Å². The van der Waals surface area contributed by atoms with Gasteiger partial charge in [0.1, 0.15) is 17.9 Å². The van der Waals surface area contributed by atoms with Crippen molar-refractivity contribution in [2.24, 2.45) is 0 Å². The SMILES string of the molecule is c1csc(-c2ccnc3nc(-c4n[nH]c5ccc(-c6cncc(OCCN7CCCC7)c6)nc45)[nH]c23)c1. The van der Waals surface area contributed by atoms with Crippen LogP contribution in [-0.4, -0.2) is 66.3 Å². The average Bonchev–Trinajstić information content (AvgIpc) is 3.74. The quantitative estimate of drug-likeness (QED) is 0.307. The number of rotatable bonds is 7. The van der Waals surface area contributed by atoms with Crippen molar-refractivity contribution in [2.75, 3.05) is 26.2 Å². The van der Waals surface area contributed by atoms with Crippen LogP contribution in [0.15, 0.2) is 60.4 Å². The zero-order valence-electron chi connectivity index (χ0n) is 20.0.